The van der Waals surface area contributed by atoms with Crippen LogP contribution in [0.25, 0.3) is 0 Å². The average molecular weight is 613 g/mol. The first-order chi connectivity index (χ1) is 21.1. The van der Waals surface area contributed by atoms with Gasteiger partial charge >= 0.3 is 0 Å². The summed E-state index contributed by atoms with van der Waals surface area (Å²) in [7, 11) is 7.41. The molecule has 2 aliphatic heterocycles. The molecule has 2 unspecified atom stereocenters. The van der Waals surface area contributed by atoms with E-state index in [1.807, 2.05) is 18.9 Å². The number of benzene rings is 1. The molecule has 0 aliphatic carbocycles. The fraction of sp³-hybridized carbons (Fsp3) is 0.500. The van der Waals surface area contributed by atoms with E-state index in [9.17, 15) is 4.79 Å². The molecule has 0 radical (unpaired) electrons. The Morgan fingerprint density at radius 2 is 1.82 bits per heavy atom. The lowest BCUT2D eigenvalue weighted by molar-refractivity contribution is -0.109. The highest BCUT2D eigenvalue weighted by atomic mass is 16.5. The van der Waals surface area contributed by atoms with Gasteiger partial charge in [-0.15, -0.1) is 0 Å². The number of aldehydes is 1. The number of likely N-dealkylation sites (N-methyl/N-ethyl adjacent to an activating group) is 2. The topological polar surface area (TPSA) is 120 Å². The number of likely N-dealkylation sites (tertiary alicyclic amines) is 1. The Balaban J connectivity index is 0.000000738. The summed E-state index contributed by atoms with van der Waals surface area (Å²) < 4.78 is 5.18. The fourth-order valence-electron chi connectivity index (χ4n) is 4.87. The van der Waals surface area contributed by atoms with E-state index >= 15 is 0 Å². The minimum absolute atomic E-state index is 0.115. The molecule has 0 bridgehead atoms. The van der Waals surface area contributed by atoms with Crippen LogP contribution in [0.3, 0.4) is 0 Å². The molecule has 4 N–H and O–H groups in total. The summed E-state index contributed by atoms with van der Waals surface area (Å²) in [5, 5.41) is 5.69. The van der Waals surface area contributed by atoms with Crippen molar-refractivity contribution in [1.82, 2.24) is 25.3 Å². The molecule has 0 spiro atoms. The van der Waals surface area contributed by atoms with Crippen molar-refractivity contribution in [1.29, 1.82) is 0 Å². The molecule has 10 nitrogen and oxygen atoms in total. The van der Waals surface area contributed by atoms with Crippen molar-refractivity contribution in [2.24, 2.45) is 5.73 Å². The number of nitrogens with zero attached hydrogens (tertiary/aromatic N) is 3. The zero-order valence-electron chi connectivity index (χ0n) is 28.0. The Morgan fingerprint density at radius 1 is 1.18 bits per heavy atom. The van der Waals surface area contributed by atoms with Crippen molar-refractivity contribution in [2.75, 3.05) is 47.9 Å². The molecule has 3 rings (SSSR count). The lowest BCUT2D eigenvalue weighted by atomic mass is 10.1. The Labute approximate surface area is 265 Å². The summed E-state index contributed by atoms with van der Waals surface area (Å²) in [5.41, 5.74) is 12.0. The van der Waals surface area contributed by atoms with Crippen molar-refractivity contribution < 1.29 is 19.1 Å². The summed E-state index contributed by atoms with van der Waals surface area (Å²) in [6, 6.07) is 6.90. The maximum Gasteiger partial charge on any atom is 0.206 e. The SMILES string of the molecule is C=C(/C=C(\C=C/N)C1N(C)C=C(CN2CCCC2)N1C)OC.C=O.CNC=O.Cc1ccc(C)c(CNC(C)CCC=O)c1. The first-order valence-electron chi connectivity index (χ1n) is 14.9. The second kappa shape index (κ2) is 23.6. The van der Waals surface area contributed by atoms with Gasteiger partial charge in [0, 0.05) is 58.6 Å². The maximum atomic E-state index is 10.3. The van der Waals surface area contributed by atoms with Crippen LogP contribution < -0.4 is 16.4 Å². The lowest BCUT2D eigenvalue weighted by Crippen LogP contribution is -2.38. The number of nitrogens with two attached hydrogens (primary N) is 1. The van der Waals surface area contributed by atoms with E-state index in [1.165, 1.54) is 48.3 Å². The molecular formula is C34H56N6O4. The molecule has 2 atom stereocenters. The zero-order chi connectivity index (χ0) is 33.5. The minimum atomic E-state index is 0.115. The molecule has 1 aromatic carbocycles. The smallest absolute Gasteiger partial charge is 0.206 e. The van der Waals surface area contributed by atoms with Crippen molar-refractivity contribution in [3.8, 4) is 0 Å². The van der Waals surface area contributed by atoms with E-state index in [-0.39, 0.29) is 6.17 Å². The average Bonchev–Trinajstić information content (AvgIpc) is 3.64. The molecule has 44 heavy (non-hydrogen) atoms. The standard InChI is InChI=1S/C17H28N4O.C14H21NO.C2H5NO.CH2O/c1-14(22-4)11-15(7-8-18)17-19(2)12-16(20(17)3)13-21-9-5-6-10-21;1-11-6-7-12(2)14(9-11)10-15-13(3)5-4-8-16;1-3-2-4;1-2/h7-8,11-12,17H,1,5-6,9-10,13,18H2,2-4H3;6-9,13,15H,4-5,10H2,1-3H3;2H,1H3,(H,3,4);1H2/b8-7-,15-11+;;;. The number of carbonyl (C=O) groups is 3. The van der Waals surface area contributed by atoms with Gasteiger partial charge in [0.15, 0.2) is 0 Å². The van der Waals surface area contributed by atoms with Gasteiger partial charge in [-0.2, -0.15) is 0 Å². The van der Waals surface area contributed by atoms with E-state index in [2.05, 4.69) is 91.2 Å². The summed E-state index contributed by atoms with van der Waals surface area (Å²) in [5.74, 6) is 0.628. The quantitative estimate of drug-likeness (QED) is 0.174. The van der Waals surface area contributed by atoms with Gasteiger partial charge in [0.1, 0.15) is 25.0 Å². The van der Waals surface area contributed by atoms with Crippen LogP contribution in [0.4, 0.5) is 0 Å². The molecule has 1 saturated heterocycles. The minimum Gasteiger partial charge on any atom is -0.497 e. The van der Waals surface area contributed by atoms with Crippen LogP contribution in [-0.4, -0.2) is 94.3 Å². The number of nitrogens with one attached hydrogen (secondary N) is 2. The van der Waals surface area contributed by atoms with Gasteiger partial charge < -0.3 is 40.5 Å². The highest BCUT2D eigenvalue weighted by Gasteiger charge is 2.30. The van der Waals surface area contributed by atoms with Crippen molar-refractivity contribution in [3.05, 3.63) is 83.0 Å². The molecule has 246 valence electrons. The summed E-state index contributed by atoms with van der Waals surface area (Å²) in [4.78, 5) is 34.3. The molecule has 0 saturated carbocycles. The van der Waals surface area contributed by atoms with Crippen LogP contribution in [-0.2, 0) is 25.7 Å². The van der Waals surface area contributed by atoms with Crippen LogP contribution >= 0.6 is 0 Å². The molecule has 1 fully saturated rings. The first-order valence-corrected chi connectivity index (χ1v) is 14.9. The van der Waals surface area contributed by atoms with Gasteiger partial charge in [-0.3, -0.25) is 9.69 Å². The number of allylic oxidation sites excluding steroid dienone is 1. The third-order valence-corrected chi connectivity index (χ3v) is 7.30. The molecule has 1 amide bonds. The largest absolute Gasteiger partial charge is 0.497 e. The van der Waals surface area contributed by atoms with Crippen LogP contribution in [0.2, 0.25) is 0 Å². The van der Waals surface area contributed by atoms with Gasteiger partial charge in [0.2, 0.25) is 6.41 Å². The van der Waals surface area contributed by atoms with E-state index in [0.29, 0.717) is 24.6 Å². The zero-order valence-corrected chi connectivity index (χ0v) is 28.0. The Bertz CT molecular complexity index is 1080. The number of rotatable bonds is 13. The van der Waals surface area contributed by atoms with Gasteiger partial charge in [0.05, 0.1) is 7.11 Å². The Morgan fingerprint density at radius 3 is 2.36 bits per heavy atom. The predicted octanol–water partition coefficient (Wildman–Crippen LogP) is 3.62. The molecule has 2 heterocycles. The number of carbonyl (C=O) groups excluding carboxylic acids is 3. The van der Waals surface area contributed by atoms with Gasteiger partial charge in [-0.25, -0.2) is 0 Å². The summed E-state index contributed by atoms with van der Waals surface area (Å²) in [6.07, 6.45) is 13.5. The highest BCUT2D eigenvalue weighted by Crippen LogP contribution is 2.27. The monoisotopic (exact) mass is 612 g/mol. The maximum absolute atomic E-state index is 10.3. The summed E-state index contributed by atoms with van der Waals surface area (Å²) >= 11 is 0. The van der Waals surface area contributed by atoms with Gasteiger partial charge in [-0.05, 0) is 88.2 Å². The first kappa shape index (κ1) is 40.1. The number of hydrogen-bond donors (Lipinski definition) is 3. The van der Waals surface area contributed by atoms with Crippen molar-refractivity contribution >= 4 is 19.5 Å². The summed E-state index contributed by atoms with van der Waals surface area (Å²) in [6.45, 7) is 16.5. The number of methoxy groups -OCH3 is 1. The molecule has 10 heteroatoms. The van der Waals surface area contributed by atoms with E-state index in [4.69, 9.17) is 20.1 Å². The van der Waals surface area contributed by atoms with Gasteiger partial charge in [0.25, 0.3) is 0 Å². The third kappa shape index (κ3) is 15.0. The van der Waals surface area contributed by atoms with Crippen LogP contribution in [0.15, 0.2) is 66.4 Å². The van der Waals surface area contributed by atoms with E-state index in [0.717, 1.165) is 31.4 Å². The van der Waals surface area contributed by atoms with Crippen molar-refractivity contribution in [3.63, 3.8) is 0 Å². The normalized spacial score (nSPS) is 16.8. The molecule has 0 aromatic heterocycles. The van der Waals surface area contributed by atoms with Crippen molar-refractivity contribution in [2.45, 2.75) is 65.2 Å². The van der Waals surface area contributed by atoms with E-state index in [1.54, 1.807) is 20.4 Å². The van der Waals surface area contributed by atoms with Gasteiger partial charge in [-0.1, -0.05) is 30.3 Å². The Kier molecular flexibility index (Phi) is 21.5. The second-order valence-corrected chi connectivity index (χ2v) is 10.8. The van der Waals surface area contributed by atoms with E-state index < -0.39 is 0 Å². The fourth-order valence-corrected chi connectivity index (χ4v) is 4.87. The second-order valence-electron chi connectivity index (χ2n) is 10.8. The highest BCUT2D eigenvalue weighted by molar-refractivity contribution is 5.49. The van der Waals surface area contributed by atoms with Crippen LogP contribution in [0.1, 0.15) is 49.3 Å². The molecular weight excluding hydrogens is 556 g/mol. The third-order valence-electron chi connectivity index (χ3n) is 7.30. The number of aryl methyl sites for hydroxylation is 2. The Hall–Kier alpha value is -3.89. The van der Waals surface area contributed by atoms with Crippen LogP contribution in [0.5, 0.6) is 0 Å². The lowest BCUT2D eigenvalue weighted by Gasteiger charge is -2.31. The van der Waals surface area contributed by atoms with Crippen LogP contribution in [0, 0.1) is 13.8 Å². The number of amides is 1. The number of hydrogen-bond acceptors (Lipinski definition) is 9. The molecule has 1 aromatic rings. The molecule has 2 aliphatic rings. The predicted molar refractivity (Wildman–Crippen MR) is 180 cm³/mol. The number of ether oxygens (including phenoxy) is 1.